The molecule has 0 amide bonds. The monoisotopic (exact) mass is 526 g/mol. The van der Waals surface area contributed by atoms with Crippen LogP contribution in [0.25, 0.3) is 11.2 Å². The van der Waals surface area contributed by atoms with Gasteiger partial charge in [0.05, 0.1) is 26.1 Å². The molecule has 5 atom stereocenters. The van der Waals surface area contributed by atoms with E-state index >= 15 is 0 Å². The number of aliphatic hydroxyl groups is 1. The van der Waals surface area contributed by atoms with Gasteiger partial charge in [0.2, 0.25) is 5.95 Å². The molecule has 1 fully saturated rings. The minimum Gasteiger partial charge on any atom is -0.468 e. The van der Waals surface area contributed by atoms with Gasteiger partial charge in [-0.05, 0) is 31.2 Å². The molecule has 2 unspecified atom stereocenters. The summed E-state index contributed by atoms with van der Waals surface area (Å²) < 4.78 is 49.6. The predicted octanol–water partition coefficient (Wildman–Crippen LogP) is 0.844. The van der Waals surface area contributed by atoms with Crippen LogP contribution in [0, 0.1) is 5.82 Å². The Morgan fingerprint density at radius 3 is 2.86 bits per heavy atom. The highest BCUT2D eigenvalue weighted by Gasteiger charge is 2.39. The van der Waals surface area contributed by atoms with Crippen LogP contribution < -0.4 is 20.9 Å². The second-order valence-corrected chi connectivity index (χ2v) is 9.61. The molecule has 1 aliphatic rings. The lowest BCUT2D eigenvalue weighted by molar-refractivity contribution is -0.142. The van der Waals surface area contributed by atoms with Gasteiger partial charge >= 0.3 is 13.7 Å². The van der Waals surface area contributed by atoms with E-state index in [4.69, 9.17) is 19.5 Å². The first-order valence-electron chi connectivity index (χ1n) is 10.7. The van der Waals surface area contributed by atoms with Crippen LogP contribution in [0.3, 0.4) is 0 Å². The third-order valence-corrected chi connectivity index (χ3v) is 6.96. The summed E-state index contributed by atoms with van der Waals surface area (Å²) in [6.45, 7) is 0.969. The maximum atomic E-state index is 13.5. The first-order valence-corrected chi connectivity index (χ1v) is 12.2. The van der Waals surface area contributed by atoms with Crippen LogP contribution in [0.15, 0.2) is 35.4 Å². The minimum absolute atomic E-state index is 0.00818. The molecular weight excluding hydrogens is 502 g/mol. The molecule has 1 saturated heterocycles. The molecule has 14 nitrogen and oxygen atoms in total. The predicted molar refractivity (Wildman–Crippen MR) is 122 cm³/mol. The van der Waals surface area contributed by atoms with E-state index in [-0.39, 0.29) is 29.3 Å². The van der Waals surface area contributed by atoms with Crippen LogP contribution in [-0.2, 0) is 23.4 Å². The first-order chi connectivity index (χ1) is 17.1. The number of aliphatic hydroxyl groups excluding tert-OH is 1. The van der Waals surface area contributed by atoms with Gasteiger partial charge in [-0.1, -0.05) is 0 Å². The van der Waals surface area contributed by atoms with Gasteiger partial charge in [0.1, 0.15) is 29.9 Å². The molecule has 36 heavy (non-hydrogen) atoms. The smallest absolute Gasteiger partial charge is 0.459 e. The van der Waals surface area contributed by atoms with E-state index in [1.807, 2.05) is 0 Å². The minimum atomic E-state index is -4.25. The number of nitrogens with zero attached hydrogens (tertiary/aromatic N) is 3. The third kappa shape index (κ3) is 5.55. The fourth-order valence-corrected chi connectivity index (χ4v) is 5.05. The van der Waals surface area contributed by atoms with Gasteiger partial charge in [-0.2, -0.15) is 10.1 Å². The summed E-state index contributed by atoms with van der Waals surface area (Å²) in [7, 11) is -3.09. The number of imidazole rings is 1. The highest BCUT2D eigenvalue weighted by atomic mass is 31.2. The van der Waals surface area contributed by atoms with Crippen molar-refractivity contribution in [2.24, 2.45) is 0 Å². The zero-order valence-corrected chi connectivity index (χ0v) is 20.1. The molecule has 3 aromatic rings. The van der Waals surface area contributed by atoms with Gasteiger partial charge in [-0.25, -0.2) is 13.9 Å². The van der Waals surface area contributed by atoms with Crippen LogP contribution >= 0.6 is 7.75 Å². The van der Waals surface area contributed by atoms with Gasteiger partial charge in [0, 0.05) is 6.42 Å². The molecule has 1 aliphatic heterocycles. The van der Waals surface area contributed by atoms with E-state index in [2.05, 4.69) is 24.8 Å². The molecule has 0 radical (unpaired) electrons. The van der Waals surface area contributed by atoms with Crippen molar-refractivity contribution < 1.29 is 37.4 Å². The van der Waals surface area contributed by atoms with E-state index in [1.165, 1.54) is 30.0 Å². The molecule has 194 valence electrons. The van der Waals surface area contributed by atoms with Crippen molar-refractivity contribution in [3.63, 3.8) is 0 Å². The average Bonchev–Trinajstić information content (AvgIpc) is 3.42. The molecule has 5 N–H and O–H groups in total. The lowest BCUT2D eigenvalue weighted by Gasteiger charge is -2.24. The number of aromatic nitrogens is 4. The molecule has 2 aromatic heterocycles. The molecule has 0 aliphatic carbocycles. The van der Waals surface area contributed by atoms with Crippen molar-refractivity contribution in [2.45, 2.75) is 37.8 Å². The van der Waals surface area contributed by atoms with Crippen molar-refractivity contribution in [1.29, 1.82) is 0 Å². The Morgan fingerprint density at radius 2 is 2.17 bits per heavy atom. The quantitative estimate of drug-likeness (QED) is 0.227. The first kappa shape index (κ1) is 25.7. The number of nitrogen functional groups attached to an aromatic ring is 1. The second kappa shape index (κ2) is 10.3. The number of halogens is 1. The summed E-state index contributed by atoms with van der Waals surface area (Å²) in [6, 6.07) is 3.57. The Hall–Kier alpha value is -3.36. The number of carbonyl (C=O) groups excluding carboxylic acids is 1. The number of hydrogen-bond acceptors (Lipinski definition) is 11. The van der Waals surface area contributed by atoms with Crippen molar-refractivity contribution in [3.8, 4) is 5.75 Å². The van der Waals surface area contributed by atoms with E-state index in [1.54, 1.807) is 0 Å². The Morgan fingerprint density at radius 1 is 1.44 bits per heavy atom. The van der Waals surface area contributed by atoms with Crippen molar-refractivity contribution >= 4 is 30.8 Å². The lowest BCUT2D eigenvalue weighted by Crippen LogP contribution is -2.36. The van der Waals surface area contributed by atoms with E-state index in [0.29, 0.717) is 0 Å². The summed E-state index contributed by atoms with van der Waals surface area (Å²) in [6.07, 6.45) is -1.43. The number of nitrogens with two attached hydrogens (primary N) is 1. The summed E-state index contributed by atoms with van der Waals surface area (Å²) in [5.41, 5.74) is 5.30. The Labute approximate surface area is 203 Å². The van der Waals surface area contributed by atoms with Crippen LogP contribution in [-0.4, -0.2) is 62.6 Å². The third-order valence-electron chi connectivity index (χ3n) is 5.32. The highest BCUT2D eigenvalue weighted by molar-refractivity contribution is 7.52. The van der Waals surface area contributed by atoms with Gasteiger partial charge in [-0.15, -0.1) is 0 Å². The largest absolute Gasteiger partial charge is 0.468 e. The van der Waals surface area contributed by atoms with Crippen molar-refractivity contribution in [2.75, 3.05) is 19.5 Å². The van der Waals surface area contributed by atoms with Crippen LogP contribution in [0.4, 0.5) is 10.3 Å². The van der Waals surface area contributed by atoms with Gasteiger partial charge in [0.15, 0.2) is 11.2 Å². The van der Waals surface area contributed by atoms with E-state index in [9.17, 15) is 23.7 Å². The lowest BCUT2D eigenvalue weighted by atomic mass is 10.2. The highest BCUT2D eigenvalue weighted by Crippen LogP contribution is 2.46. The molecule has 1 aromatic carbocycles. The number of hydrogen-bond donors (Lipinski definition) is 4. The van der Waals surface area contributed by atoms with Gasteiger partial charge in [0.25, 0.3) is 5.56 Å². The van der Waals surface area contributed by atoms with E-state index in [0.717, 1.165) is 19.2 Å². The number of carbonyl (C=O) groups is 1. The Bertz CT molecular complexity index is 1350. The average molecular weight is 526 g/mol. The van der Waals surface area contributed by atoms with Gasteiger partial charge in [-0.3, -0.25) is 23.7 Å². The number of aromatic amines is 1. The Balaban J connectivity index is 1.50. The second-order valence-electron chi connectivity index (χ2n) is 7.92. The number of anilines is 1. The van der Waals surface area contributed by atoms with E-state index < -0.39 is 56.2 Å². The van der Waals surface area contributed by atoms with Crippen LogP contribution in [0.5, 0.6) is 5.75 Å². The summed E-state index contributed by atoms with van der Waals surface area (Å²) in [5, 5.41) is 13.0. The number of benzene rings is 1. The molecule has 0 saturated carbocycles. The molecular formula is C20H24FN6O8P. The van der Waals surface area contributed by atoms with Crippen LogP contribution in [0.1, 0.15) is 19.6 Å². The molecule has 4 rings (SSSR count). The summed E-state index contributed by atoms with van der Waals surface area (Å²) in [5.74, 6) is -1.37. The molecule has 0 bridgehead atoms. The fourth-order valence-electron chi connectivity index (χ4n) is 3.55. The molecule has 16 heteroatoms. The number of ether oxygens (including phenoxy) is 2. The maximum absolute atomic E-state index is 13.5. The normalized spacial score (nSPS) is 22.3. The number of fused-ring (bicyclic) bond motifs is 1. The number of rotatable bonds is 9. The van der Waals surface area contributed by atoms with Crippen LogP contribution in [0.2, 0.25) is 0 Å². The number of methoxy groups -OCH3 is 1. The fraction of sp³-hybridized carbons (Fsp3) is 0.400. The van der Waals surface area contributed by atoms with Crippen molar-refractivity contribution in [1.82, 2.24) is 24.6 Å². The topological polar surface area (TPSA) is 193 Å². The standard InChI is InChI=1S/C20H24FN6O8P/c1-10(19(30)32-2)26-36(31,35-12-5-3-11(21)4-6-12)33-8-14-13(28)7-15(34-14)27-9-23-16-17(27)24-20(22)25-18(16)29/h3-6,9-10,13-15,28H,7-8H2,1-2H3,(H,26,31)(H3,22,24,25,29)/t10-,13+,14?,15+,36?/m0/s1. The Kier molecular flexibility index (Phi) is 7.38. The number of nitrogens with one attached hydrogen (secondary N) is 2. The molecule has 3 heterocycles. The summed E-state index contributed by atoms with van der Waals surface area (Å²) >= 11 is 0. The molecule has 0 spiro atoms. The van der Waals surface area contributed by atoms with Crippen molar-refractivity contribution in [3.05, 3.63) is 46.8 Å². The zero-order valence-electron chi connectivity index (χ0n) is 19.2. The number of esters is 1. The maximum Gasteiger partial charge on any atom is 0.459 e. The summed E-state index contributed by atoms with van der Waals surface area (Å²) in [4.78, 5) is 34.3. The zero-order chi connectivity index (χ0) is 26.0. The van der Waals surface area contributed by atoms with Gasteiger partial charge < -0.3 is 24.8 Å². The SMILES string of the molecule is COC(=O)[C@H](C)NP(=O)(OCC1O[C@@H](n2cnc3c(=O)[nH]c(N)nc32)C[C@H]1O)Oc1ccc(F)cc1. The number of H-pyrrole nitrogens is 1.